The highest BCUT2D eigenvalue weighted by Crippen LogP contribution is 2.45. The van der Waals surface area contributed by atoms with E-state index in [4.69, 9.17) is 9.72 Å². The molecule has 0 bridgehead atoms. The third-order valence-corrected chi connectivity index (χ3v) is 8.14. The minimum atomic E-state index is -1.89. The lowest BCUT2D eigenvalue weighted by molar-refractivity contribution is -0.172. The molecular formula is C27H29FN4O4. The number of carbonyl (C=O) groups is 1. The largest absolute Gasteiger partial charge is 0.458 e. The van der Waals surface area contributed by atoms with Crippen LogP contribution in [0.15, 0.2) is 16.9 Å². The molecule has 3 aromatic rings. The van der Waals surface area contributed by atoms with Gasteiger partial charge in [-0.25, -0.2) is 14.2 Å². The number of aryl methyl sites for hydroxylation is 1. The van der Waals surface area contributed by atoms with Crippen LogP contribution in [0.3, 0.4) is 0 Å². The van der Waals surface area contributed by atoms with Crippen LogP contribution in [0.5, 0.6) is 0 Å². The normalized spacial score (nSPS) is 21.8. The number of nitrogens with one attached hydrogen (secondary N) is 2. The van der Waals surface area contributed by atoms with Gasteiger partial charge in [0, 0.05) is 41.7 Å². The second-order valence-corrected chi connectivity index (χ2v) is 9.96. The number of nitrogens with zero attached hydrogens (tertiary/aromatic N) is 2. The van der Waals surface area contributed by atoms with Crippen LogP contribution in [0.1, 0.15) is 59.2 Å². The molecule has 6 rings (SSSR count). The number of ether oxygens (including phenoxy) is 1. The third kappa shape index (κ3) is 3.06. The van der Waals surface area contributed by atoms with Gasteiger partial charge < -0.3 is 25.0 Å². The van der Waals surface area contributed by atoms with E-state index in [1.165, 1.54) is 6.07 Å². The van der Waals surface area contributed by atoms with Crippen molar-refractivity contribution in [2.24, 2.45) is 0 Å². The fourth-order valence-electron chi connectivity index (χ4n) is 6.13. The topological polar surface area (TPSA) is 105 Å². The Morgan fingerprint density at radius 3 is 2.81 bits per heavy atom. The molecule has 0 radical (unpaired) electrons. The van der Waals surface area contributed by atoms with E-state index in [-0.39, 0.29) is 36.0 Å². The van der Waals surface area contributed by atoms with Crippen molar-refractivity contribution in [2.45, 2.75) is 57.9 Å². The van der Waals surface area contributed by atoms with Crippen molar-refractivity contribution in [1.29, 1.82) is 0 Å². The highest BCUT2D eigenvalue weighted by Gasteiger charge is 2.45. The summed E-state index contributed by atoms with van der Waals surface area (Å²) in [6, 6.07) is 3.22. The Kier molecular flexibility index (Phi) is 5.30. The van der Waals surface area contributed by atoms with Crippen LogP contribution < -0.4 is 16.2 Å². The van der Waals surface area contributed by atoms with Gasteiger partial charge in [0.1, 0.15) is 12.4 Å². The molecule has 3 aliphatic rings. The number of pyridine rings is 2. The molecule has 2 atom stereocenters. The van der Waals surface area contributed by atoms with Crippen LogP contribution in [0, 0.1) is 12.7 Å². The number of esters is 1. The summed E-state index contributed by atoms with van der Waals surface area (Å²) in [6.07, 6.45) is 1.64. The van der Waals surface area contributed by atoms with E-state index >= 15 is 0 Å². The van der Waals surface area contributed by atoms with Crippen LogP contribution in [0.2, 0.25) is 0 Å². The van der Waals surface area contributed by atoms with Gasteiger partial charge in [-0.1, -0.05) is 6.92 Å². The number of cyclic esters (lactones) is 1. The molecule has 2 aromatic heterocycles. The standard InChI is InChI=1S/C27H29FN4O4/c1-4-27(35)17-9-21-24-15(11-32(21)25(33)16(17)12-36-26(27)34)23-19(30-8-7-29-3)6-5-14-13(2)18(28)10-20(31-24)22(14)23/h9-10,19,29-30,35H,4-8,11-12H2,1-3H3/t19-,27-/m0/s1. The first-order chi connectivity index (χ1) is 17.3. The number of aromatic nitrogens is 2. The van der Waals surface area contributed by atoms with Gasteiger partial charge in [-0.05, 0) is 56.0 Å². The van der Waals surface area contributed by atoms with Crippen LogP contribution >= 0.6 is 0 Å². The Hall–Kier alpha value is -3.14. The number of carbonyl (C=O) groups excluding carboxylic acids is 1. The summed E-state index contributed by atoms with van der Waals surface area (Å²) in [5.74, 6) is -1.04. The smallest absolute Gasteiger partial charge is 0.343 e. The predicted molar refractivity (Wildman–Crippen MR) is 132 cm³/mol. The van der Waals surface area contributed by atoms with Gasteiger partial charge in [-0.2, -0.15) is 0 Å². The maximum absolute atomic E-state index is 14.9. The summed E-state index contributed by atoms with van der Waals surface area (Å²) >= 11 is 0. The van der Waals surface area contributed by atoms with Gasteiger partial charge in [0.25, 0.3) is 5.56 Å². The Morgan fingerprint density at radius 2 is 2.06 bits per heavy atom. The number of hydrogen-bond acceptors (Lipinski definition) is 7. The minimum absolute atomic E-state index is 0.0343. The average Bonchev–Trinajstić information content (AvgIpc) is 3.24. The Labute approximate surface area is 207 Å². The molecule has 1 aromatic carbocycles. The fraction of sp³-hybridized carbons (Fsp3) is 0.444. The zero-order valence-electron chi connectivity index (χ0n) is 20.6. The van der Waals surface area contributed by atoms with Gasteiger partial charge in [-0.3, -0.25) is 4.79 Å². The highest BCUT2D eigenvalue weighted by molar-refractivity contribution is 5.93. The van der Waals surface area contributed by atoms with Crippen LogP contribution in [-0.4, -0.2) is 40.8 Å². The quantitative estimate of drug-likeness (QED) is 0.290. The lowest BCUT2D eigenvalue weighted by atomic mass is 9.81. The van der Waals surface area contributed by atoms with Crippen molar-refractivity contribution in [3.05, 3.63) is 61.7 Å². The first-order valence-corrected chi connectivity index (χ1v) is 12.5. The van der Waals surface area contributed by atoms with Crippen molar-refractivity contribution >= 4 is 16.9 Å². The molecule has 0 fully saturated rings. The molecular weight excluding hydrogens is 463 g/mol. The first-order valence-electron chi connectivity index (χ1n) is 12.5. The molecule has 9 heteroatoms. The van der Waals surface area contributed by atoms with Crippen molar-refractivity contribution < 1.29 is 19.0 Å². The van der Waals surface area contributed by atoms with Crippen molar-refractivity contribution in [3.8, 4) is 11.4 Å². The molecule has 4 heterocycles. The zero-order chi connectivity index (χ0) is 25.4. The van der Waals surface area contributed by atoms with E-state index in [1.54, 1.807) is 17.6 Å². The average molecular weight is 493 g/mol. The van der Waals surface area contributed by atoms with Crippen molar-refractivity contribution in [3.63, 3.8) is 0 Å². The summed E-state index contributed by atoms with van der Waals surface area (Å²) in [4.78, 5) is 31.0. The minimum Gasteiger partial charge on any atom is -0.458 e. The van der Waals surface area contributed by atoms with Gasteiger partial charge in [0.15, 0.2) is 5.60 Å². The summed E-state index contributed by atoms with van der Waals surface area (Å²) in [5, 5.41) is 18.9. The third-order valence-electron chi connectivity index (χ3n) is 8.14. The SMILES string of the molecule is CC[C@@]1(O)C(=O)OCc2c1cc1n(c2=O)Cc2c-1nc1cc(F)c(C)c3c1c2[C@@H](NCCNC)CC3. The molecule has 3 N–H and O–H groups in total. The van der Waals surface area contributed by atoms with Crippen LogP contribution in [0.4, 0.5) is 4.39 Å². The first kappa shape index (κ1) is 23.3. The second-order valence-electron chi connectivity index (χ2n) is 9.96. The van der Waals surface area contributed by atoms with Crippen molar-refractivity contribution in [2.75, 3.05) is 20.1 Å². The summed E-state index contributed by atoms with van der Waals surface area (Å²) in [7, 11) is 1.91. The molecule has 0 spiro atoms. The molecule has 36 heavy (non-hydrogen) atoms. The van der Waals surface area contributed by atoms with E-state index in [9.17, 15) is 19.1 Å². The summed E-state index contributed by atoms with van der Waals surface area (Å²) in [5.41, 5.74) is 3.71. The van der Waals surface area contributed by atoms with E-state index in [1.807, 2.05) is 14.0 Å². The van der Waals surface area contributed by atoms with Gasteiger partial charge in [0.2, 0.25) is 0 Å². The van der Waals surface area contributed by atoms with Crippen LogP contribution in [0.25, 0.3) is 22.3 Å². The van der Waals surface area contributed by atoms with E-state index < -0.39 is 11.6 Å². The van der Waals surface area contributed by atoms with E-state index in [0.717, 1.165) is 48.0 Å². The molecule has 8 nitrogen and oxygen atoms in total. The van der Waals surface area contributed by atoms with Crippen LogP contribution in [-0.2, 0) is 34.7 Å². The number of benzene rings is 1. The molecule has 0 saturated carbocycles. The molecule has 2 aliphatic heterocycles. The highest BCUT2D eigenvalue weighted by atomic mass is 19.1. The lowest BCUT2D eigenvalue weighted by Gasteiger charge is -2.31. The molecule has 188 valence electrons. The maximum atomic E-state index is 14.9. The number of rotatable bonds is 5. The predicted octanol–water partition coefficient (Wildman–Crippen LogP) is 2.32. The van der Waals surface area contributed by atoms with E-state index in [2.05, 4.69) is 10.6 Å². The van der Waals surface area contributed by atoms with E-state index in [0.29, 0.717) is 34.6 Å². The Bertz CT molecular complexity index is 1510. The number of aliphatic hydroxyl groups is 1. The Balaban J connectivity index is 1.63. The molecule has 0 unspecified atom stereocenters. The maximum Gasteiger partial charge on any atom is 0.343 e. The Morgan fingerprint density at radius 1 is 1.25 bits per heavy atom. The zero-order valence-corrected chi connectivity index (χ0v) is 20.6. The second kappa shape index (κ2) is 8.19. The number of likely N-dealkylation sites (N-methyl/N-ethyl adjacent to an activating group) is 1. The molecule has 1 aliphatic carbocycles. The van der Waals surface area contributed by atoms with Gasteiger partial charge in [-0.15, -0.1) is 0 Å². The lowest BCUT2D eigenvalue weighted by Crippen LogP contribution is -2.44. The van der Waals surface area contributed by atoms with Crippen molar-refractivity contribution in [1.82, 2.24) is 20.2 Å². The number of hydrogen-bond donors (Lipinski definition) is 3. The molecule has 0 saturated heterocycles. The fourth-order valence-corrected chi connectivity index (χ4v) is 6.13. The number of fused-ring (bicyclic) bond motifs is 5. The number of halogens is 1. The summed E-state index contributed by atoms with van der Waals surface area (Å²) in [6.45, 7) is 5.22. The van der Waals surface area contributed by atoms with Gasteiger partial charge >= 0.3 is 5.97 Å². The molecule has 0 amide bonds. The summed E-state index contributed by atoms with van der Waals surface area (Å²) < 4.78 is 21.7. The monoisotopic (exact) mass is 492 g/mol. The van der Waals surface area contributed by atoms with Gasteiger partial charge in [0.05, 0.1) is 29.0 Å².